The average Bonchev–Trinajstić information content (AvgIpc) is 3.00. The molecule has 0 amide bonds. The Morgan fingerprint density at radius 1 is 1.16 bits per heavy atom. The summed E-state index contributed by atoms with van der Waals surface area (Å²) in [6.45, 7) is 3.04. The van der Waals surface area contributed by atoms with Gasteiger partial charge in [-0.15, -0.1) is 0 Å². The summed E-state index contributed by atoms with van der Waals surface area (Å²) in [6.07, 6.45) is 4.84. The zero-order valence-corrected chi connectivity index (χ0v) is 11.3. The highest BCUT2D eigenvalue weighted by molar-refractivity contribution is 5.19. The first kappa shape index (κ1) is 13.0. The van der Waals surface area contributed by atoms with E-state index in [0.717, 1.165) is 30.4 Å². The summed E-state index contributed by atoms with van der Waals surface area (Å²) in [6, 6.07) is 4.69. The molecule has 0 radical (unpaired) electrons. The van der Waals surface area contributed by atoms with Gasteiger partial charge in [0.15, 0.2) is 11.6 Å². The third-order valence-electron chi connectivity index (χ3n) is 4.76. The highest BCUT2D eigenvalue weighted by atomic mass is 19.2. The van der Waals surface area contributed by atoms with E-state index in [2.05, 4.69) is 12.2 Å². The molecule has 19 heavy (non-hydrogen) atoms. The van der Waals surface area contributed by atoms with Crippen LogP contribution in [0.15, 0.2) is 18.2 Å². The van der Waals surface area contributed by atoms with Gasteiger partial charge in [-0.2, -0.15) is 0 Å². The summed E-state index contributed by atoms with van der Waals surface area (Å²) in [5.41, 5.74) is 0.894. The molecule has 0 heterocycles. The van der Waals surface area contributed by atoms with Gasteiger partial charge >= 0.3 is 0 Å². The maximum atomic E-state index is 13.3. The lowest BCUT2D eigenvalue weighted by Gasteiger charge is -2.26. The molecule has 104 valence electrons. The summed E-state index contributed by atoms with van der Waals surface area (Å²) in [5.74, 6) is 1.12. The molecule has 1 aromatic rings. The lowest BCUT2D eigenvalue weighted by atomic mass is 9.89. The molecule has 0 spiro atoms. The average molecular weight is 265 g/mol. The van der Waals surface area contributed by atoms with E-state index in [-0.39, 0.29) is 0 Å². The number of benzene rings is 1. The van der Waals surface area contributed by atoms with Crippen LogP contribution in [0.1, 0.15) is 31.7 Å². The Morgan fingerprint density at radius 2 is 1.89 bits per heavy atom. The predicted octanol–water partition coefficient (Wildman–Crippen LogP) is 3.53. The molecule has 1 nitrogen and oxygen atoms in total. The van der Waals surface area contributed by atoms with Crippen LogP contribution >= 0.6 is 0 Å². The molecule has 3 rings (SSSR count). The summed E-state index contributed by atoms with van der Waals surface area (Å²) < 4.78 is 26.2. The molecule has 2 aliphatic rings. The normalized spacial score (nSPS) is 30.2. The molecule has 3 heteroatoms. The van der Waals surface area contributed by atoms with Gasteiger partial charge in [0.05, 0.1) is 0 Å². The van der Waals surface area contributed by atoms with Crippen molar-refractivity contribution in [3.63, 3.8) is 0 Å². The number of likely N-dealkylation sites (N-methyl/N-ethyl adjacent to an activating group) is 1. The van der Waals surface area contributed by atoms with Crippen molar-refractivity contribution < 1.29 is 8.78 Å². The highest BCUT2D eigenvalue weighted by Gasteiger charge is 2.47. The van der Waals surface area contributed by atoms with Gasteiger partial charge in [0.2, 0.25) is 0 Å². The number of hydrogen-bond donors (Lipinski definition) is 1. The number of rotatable bonds is 5. The highest BCUT2D eigenvalue weighted by Crippen LogP contribution is 2.55. The van der Waals surface area contributed by atoms with E-state index in [4.69, 9.17) is 0 Å². The van der Waals surface area contributed by atoms with Crippen molar-refractivity contribution in [1.29, 1.82) is 0 Å². The number of hydrogen-bond acceptors (Lipinski definition) is 1. The first-order valence-electron chi connectivity index (χ1n) is 7.34. The summed E-state index contributed by atoms with van der Waals surface area (Å²) >= 11 is 0. The Kier molecular flexibility index (Phi) is 3.57. The number of fused-ring (bicyclic) bond motifs is 1. The minimum atomic E-state index is -0.758. The van der Waals surface area contributed by atoms with Gasteiger partial charge in [-0.1, -0.05) is 13.0 Å². The maximum absolute atomic E-state index is 13.3. The first-order chi connectivity index (χ1) is 9.17. The maximum Gasteiger partial charge on any atom is 0.159 e. The molecule has 0 bridgehead atoms. The van der Waals surface area contributed by atoms with E-state index in [1.165, 1.54) is 31.4 Å². The van der Waals surface area contributed by atoms with Crippen LogP contribution in [0.5, 0.6) is 0 Å². The summed E-state index contributed by atoms with van der Waals surface area (Å²) in [7, 11) is 0. The minimum Gasteiger partial charge on any atom is -0.314 e. The molecule has 2 fully saturated rings. The zero-order valence-electron chi connectivity index (χ0n) is 11.3. The Bertz CT molecular complexity index is 450. The fourth-order valence-corrected chi connectivity index (χ4v) is 3.68. The van der Waals surface area contributed by atoms with Crippen LogP contribution < -0.4 is 5.32 Å². The molecule has 0 aromatic heterocycles. The smallest absolute Gasteiger partial charge is 0.159 e. The number of halogens is 2. The molecule has 3 unspecified atom stereocenters. The molecule has 0 aliphatic heterocycles. The quantitative estimate of drug-likeness (QED) is 0.858. The van der Waals surface area contributed by atoms with E-state index >= 15 is 0 Å². The third kappa shape index (κ3) is 2.81. The van der Waals surface area contributed by atoms with Gasteiger partial charge in [0.25, 0.3) is 0 Å². The topological polar surface area (TPSA) is 12.0 Å². The van der Waals surface area contributed by atoms with Crippen LogP contribution in [0.3, 0.4) is 0 Å². The van der Waals surface area contributed by atoms with Gasteiger partial charge in [-0.25, -0.2) is 8.78 Å². The van der Waals surface area contributed by atoms with Gasteiger partial charge in [0.1, 0.15) is 0 Å². The Labute approximate surface area is 113 Å². The first-order valence-corrected chi connectivity index (χ1v) is 7.34. The van der Waals surface area contributed by atoms with Crippen LogP contribution in [-0.4, -0.2) is 12.6 Å². The SMILES string of the molecule is CCNC(Cc1ccc(F)c(F)c1)C1CC2CC2C1. The summed E-state index contributed by atoms with van der Waals surface area (Å²) in [5, 5.41) is 3.53. The predicted molar refractivity (Wildman–Crippen MR) is 71.8 cm³/mol. The number of nitrogens with one attached hydrogen (secondary N) is 1. The van der Waals surface area contributed by atoms with Crippen molar-refractivity contribution >= 4 is 0 Å². The van der Waals surface area contributed by atoms with Gasteiger partial charge < -0.3 is 5.32 Å². The molecule has 1 N–H and O–H groups in total. The van der Waals surface area contributed by atoms with Crippen molar-refractivity contribution in [1.82, 2.24) is 5.32 Å². The van der Waals surface area contributed by atoms with Crippen molar-refractivity contribution in [3.8, 4) is 0 Å². The lowest BCUT2D eigenvalue weighted by molar-refractivity contribution is 0.336. The second-order valence-electron chi connectivity index (χ2n) is 6.10. The second-order valence-corrected chi connectivity index (χ2v) is 6.10. The molecule has 3 atom stereocenters. The van der Waals surface area contributed by atoms with Crippen molar-refractivity contribution in [2.24, 2.45) is 17.8 Å². The molecule has 2 aliphatic carbocycles. The fourth-order valence-electron chi connectivity index (χ4n) is 3.68. The van der Waals surface area contributed by atoms with Crippen LogP contribution in [0.4, 0.5) is 8.78 Å². The van der Waals surface area contributed by atoms with Crippen LogP contribution in [-0.2, 0) is 6.42 Å². The van der Waals surface area contributed by atoms with Gasteiger partial charge in [0, 0.05) is 6.04 Å². The standard InChI is InChI=1S/C16H21F2N/c1-2-19-16(13-8-11-7-12(11)9-13)6-10-3-4-14(17)15(18)5-10/h3-5,11-13,16,19H,2,6-9H2,1H3. The monoisotopic (exact) mass is 265 g/mol. The fraction of sp³-hybridized carbons (Fsp3) is 0.625. The van der Waals surface area contributed by atoms with Crippen molar-refractivity contribution in [3.05, 3.63) is 35.4 Å². The third-order valence-corrected chi connectivity index (χ3v) is 4.76. The van der Waals surface area contributed by atoms with Gasteiger partial charge in [-0.05, 0) is 67.7 Å². The summed E-state index contributed by atoms with van der Waals surface area (Å²) in [4.78, 5) is 0. The lowest BCUT2D eigenvalue weighted by Crippen LogP contribution is -2.37. The molecular weight excluding hydrogens is 244 g/mol. The second kappa shape index (κ2) is 5.20. The minimum absolute atomic E-state index is 0.405. The molecule has 1 aromatic carbocycles. The molecular formula is C16H21F2N. The Balaban J connectivity index is 1.68. The molecule has 0 saturated heterocycles. The van der Waals surface area contributed by atoms with E-state index in [0.29, 0.717) is 12.0 Å². The largest absolute Gasteiger partial charge is 0.314 e. The molecule has 2 saturated carbocycles. The van der Waals surface area contributed by atoms with Crippen molar-refractivity contribution in [2.75, 3.05) is 6.54 Å². The Hall–Kier alpha value is -0.960. The van der Waals surface area contributed by atoms with E-state index in [1.807, 2.05) is 0 Å². The van der Waals surface area contributed by atoms with Gasteiger partial charge in [-0.3, -0.25) is 0 Å². The van der Waals surface area contributed by atoms with E-state index < -0.39 is 11.6 Å². The van der Waals surface area contributed by atoms with Crippen molar-refractivity contribution in [2.45, 2.75) is 38.6 Å². The van der Waals surface area contributed by atoms with E-state index in [1.54, 1.807) is 6.07 Å². The van der Waals surface area contributed by atoms with E-state index in [9.17, 15) is 8.78 Å². The van der Waals surface area contributed by atoms with Crippen LogP contribution in [0.25, 0.3) is 0 Å². The Morgan fingerprint density at radius 3 is 2.53 bits per heavy atom. The van der Waals surface area contributed by atoms with Crippen LogP contribution in [0, 0.1) is 29.4 Å². The zero-order chi connectivity index (χ0) is 13.4. The van der Waals surface area contributed by atoms with Crippen LogP contribution in [0.2, 0.25) is 0 Å².